The van der Waals surface area contributed by atoms with Crippen LogP contribution < -0.4 is 15.4 Å². The Morgan fingerprint density at radius 3 is 2.07 bits per heavy atom. The number of rotatable bonds is 7. The molecule has 0 heterocycles. The average molecular weight is 399 g/mol. The molecule has 1 aromatic rings. The van der Waals surface area contributed by atoms with Gasteiger partial charge in [-0.1, -0.05) is 13.8 Å². The summed E-state index contributed by atoms with van der Waals surface area (Å²) in [6.07, 6.45) is 8.01. The third kappa shape index (κ3) is 4.29. The lowest BCUT2D eigenvalue weighted by Crippen LogP contribution is -2.55. The molecule has 0 spiro atoms. The standard InChI is InChI=1S/C24H34N2O3/c1-15(2)21(26-22(27)19-4-6-20(29-3)7-5-19)23(28)25-14-24-11-16-8-17(12-24)10-18(9-16)13-24/h4-7,15-18,21H,8-14H2,1-3H3,(H,25,28)(H,26,27). The number of carbonyl (C=O) groups is 2. The number of benzene rings is 1. The quantitative estimate of drug-likeness (QED) is 0.734. The molecule has 4 aliphatic rings. The van der Waals surface area contributed by atoms with E-state index in [1.54, 1.807) is 31.4 Å². The van der Waals surface area contributed by atoms with E-state index >= 15 is 0 Å². The van der Waals surface area contributed by atoms with Crippen molar-refractivity contribution < 1.29 is 14.3 Å². The van der Waals surface area contributed by atoms with Crippen LogP contribution in [0.3, 0.4) is 0 Å². The highest BCUT2D eigenvalue weighted by molar-refractivity contribution is 5.97. The SMILES string of the molecule is COc1ccc(C(=O)NC(C(=O)NCC23CC4CC(CC(C4)C2)C3)C(C)C)cc1. The van der Waals surface area contributed by atoms with Crippen molar-refractivity contribution in [1.82, 2.24) is 10.6 Å². The maximum absolute atomic E-state index is 13.0. The number of hydrogen-bond donors (Lipinski definition) is 2. The van der Waals surface area contributed by atoms with Gasteiger partial charge in [-0.15, -0.1) is 0 Å². The Kier molecular flexibility index (Phi) is 5.58. The molecule has 2 amide bonds. The first kappa shape index (κ1) is 20.2. The van der Waals surface area contributed by atoms with Gasteiger partial charge in [-0.2, -0.15) is 0 Å². The highest BCUT2D eigenvalue weighted by atomic mass is 16.5. The second-order valence-corrected chi connectivity index (χ2v) is 10.1. The van der Waals surface area contributed by atoms with E-state index in [1.165, 1.54) is 38.5 Å². The van der Waals surface area contributed by atoms with Crippen LogP contribution in [0.2, 0.25) is 0 Å². The summed E-state index contributed by atoms with van der Waals surface area (Å²) in [7, 11) is 1.60. The Labute approximate surface area is 174 Å². The van der Waals surface area contributed by atoms with Crippen LogP contribution >= 0.6 is 0 Å². The summed E-state index contributed by atoms with van der Waals surface area (Å²) in [5.41, 5.74) is 0.830. The Morgan fingerprint density at radius 2 is 1.59 bits per heavy atom. The predicted molar refractivity (Wildman–Crippen MR) is 113 cm³/mol. The van der Waals surface area contributed by atoms with E-state index in [0.717, 1.165) is 24.3 Å². The number of amides is 2. The molecule has 5 rings (SSSR count). The molecule has 4 fully saturated rings. The van der Waals surface area contributed by atoms with Gasteiger partial charge in [0, 0.05) is 12.1 Å². The number of hydrogen-bond acceptors (Lipinski definition) is 3. The van der Waals surface area contributed by atoms with Crippen molar-refractivity contribution in [1.29, 1.82) is 0 Å². The van der Waals surface area contributed by atoms with Crippen LogP contribution in [0.4, 0.5) is 0 Å². The molecule has 29 heavy (non-hydrogen) atoms. The van der Waals surface area contributed by atoms with Crippen molar-refractivity contribution in [3.05, 3.63) is 29.8 Å². The van der Waals surface area contributed by atoms with Crippen LogP contribution in [-0.2, 0) is 4.79 Å². The minimum atomic E-state index is -0.529. The Morgan fingerprint density at radius 1 is 1.03 bits per heavy atom. The Bertz CT molecular complexity index is 721. The molecule has 0 radical (unpaired) electrons. The molecule has 1 atom stereocenters. The van der Waals surface area contributed by atoms with Gasteiger partial charge >= 0.3 is 0 Å². The molecule has 5 nitrogen and oxygen atoms in total. The lowest BCUT2D eigenvalue weighted by atomic mass is 9.49. The van der Waals surface area contributed by atoms with Crippen molar-refractivity contribution in [2.24, 2.45) is 29.1 Å². The number of methoxy groups -OCH3 is 1. The van der Waals surface area contributed by atoms with Crippen molar-refractivity contribution in [3.63, 3.8) is 0 Å². The average Bonchev–Trinajstić information content (AvgIpc) is 2.69. The van der Waals surface area contributed by atoms with Gasteiger partial charge in [-0.25, -0.2) is 0 Å². The van der Waals surface area contributed by atoms with Gasteiger partial charge in [-0.05, 0) is 91.9 Å². The van der Waals surface area contributed by atoms with Crippen molar-refractivity contribution in [2.45, 2.75) is 58.4 Å². The molecule has 5 heteroatoms. The number of carbonyl (C=O) groups excluding carboxylic acids is 2. The summed E-state index contributed by atoms with van der Waals surface area (Å²) >= 11 is 0. The summed E-state index contributed by atoms with van der Waals surface area (Å²) in [5, 5.41) is 6.16. The first-order chi connectivity index (χ1) is 13.9. The van der Waals surface area contributed by atoms with Crippen molar-refractivity contribution >= 4 is 11.8 Å². The molecular formula is C24H34N2O3. The molecule has 0 aromatic heterocycles. The van der Waals surface area contributed by atoms with Gasteiger partial charge < -0.3 is 15.4 Å². The number of ether oxygens (including phenoxy) is 1. The fourth-order valence-electron chi connectivity index (χ4n) is 6.39. The van der Waals surface area contributed by atoms with E-state index in [4.69, 9.17) is 4.74 Å². The number of nitrogens with one attached hydrogen (secondary N) is 2. The van der Waals surface area contributed by atoms with E-state index in [0.29, 0.717) is 16.7 Å². The zero-order chi connectivity index (χ0) is 20.6. The molecule has 0 aliphatic heterocycles. The minimum absolute atomic E-state index is 0.0218. The molecule has 0 saturated heterocycles. The monoisotopic (exact) mass is 398 g/mol. The van der Waals surface area contributed by atoms with E-state index in [9.17, 15) is 9.59 Å². The molecule has 4 aliphatic carbocycles. The molecule has 1 unspecified atom stereocenters. The normalized spacial score (nSPS) is 30.8. The van der Waals surface area contributed by atoms with Crippen molar-refractivity contribution in [2.75, 3.05) is 13.7 Å². The van der Waals surface area contributed by atoms with Crippen molar-refractivity contribution in [3.8, 4) is 5.75 Å². The zero-order valence-corrected chi connectivity index (χ0v) is 17.9. The molecule has 158 valence electrons. The highest BCUT2D eigenvalue weighted by Crippen LogP contribution is 2.59. The van der Waals surface area contributed by atoms with Crippen LogP contribution in [0.5, 0.6) is 5.75 Å². The Hall–Kier alpha value is -2.04. The maximum atomic E-state index is 13.0. The molecule has 4 bridgehead atoms. The summed E-state index contributed by atoms with van der Waals surface area (Å²) in [5.74, 6) is 3.05. The van der Waals surface area contributed by atoms with Crippen LogP contribution in [0, 0.1) is 29.1 Å². The fraction of sp³-hybridized carbons (Fsp3) is 0.667. The maximum Gasteiger partial charge on any atom is 0.251 e. The van der Waals surface area contributed by atoms with Gasteiger partial charge in [-0.3, -0.25) is 9.59 Å². The predicted octanol–water partition coefficient (Wildman–Crippen LogP) is 3.78. The van der Waals surface area contributed by atoms with Crippen LogP contribution in [0.15, 0.2) is 24.3 Å². The summed E-state index contributed by atoms with van der Waals surface area (Å²) in [6, 6.07) is 6.43. The van der Waals surface area contributed by atoms with Crippen LogP contribution in [0.25, 0.3) is 0 Å². The second kappa shape index (κ2) is 8.00. The minimum Gasteiger partial charge on any atom is -0.497 e. The van der Waals surface area contributed by atoms with Gasteiger partial charge in [0.15, 0.2) is 0 Å². The fourth-order valence-corrected chi connectivity index (χ4v) is 6.39. The van der Waals surface area contributed by atoms with Gasteiger partial charge in [0.25, 0.3) is 5.91 Å². The van der Waals surface area contributed by atoms with E-state index < -0.39 is 6.04 Å². The molecule has 1 aromatic carbocycles. The first-order valence-electron chi connectivity index (χ1n) is 11.1. The highest BCUT2D eigenvalue weighted by Gasteiger charge is 2.50. The lowest BCUT2D eigenvalue weighted by molar-refractivity contribution is -0.126. The Balaban J connectivity index is 1.37. The molecule has 2 N–H and O–H groups in total. The lowest BCUT2D eigenvalue weighted by Gasteiger charge is -2.57. The third-order valence-electron chi connectivity index (χ3n) is 7.39. The van der Waals surface area contributed by atoms with Crippen LogP contribution in [0.1, 0.15) is 62.7 Å². The van der Waals surface area contributed by atoms with Gasteiger partial charge in [0.1, 0.15) is 11.8 Å². The molecule has 4 saturated carbocycles. The zero-order valence-electron chi connectivity index (χ0n) is 17.9. The topological polar surface area (TPSA) is 67.4 Å². The summed E-state index contributed by atoms with van der Waals surface area (Å²) in [6.45, 7) is 4.71. The van der Waals surface area contributed by atoms with E-state index in [1.807, 2.05) is 13.8 Å². The first-order valence-corrected chi connectivity index (χ1v) is 11.1. The van der Waals surface area contributed by atoms with E-state index in [2.05, 4.69) is 10.6 Å². The smallest absolute Gasteiger partial charge is 0.251 e. The van der Waals surface area contributed by atoms with Crippen LogP contribution in [-0.4, -0.2) is 31.5 Å². The summed E-state index contributed by atoms with van der Waals surface area (Å²) < 4.78 is 5.14. The van der Waals surface area contributed by atoms with Gasteiger partial charge in [0.05, 0.1) is 7.11 Å². The second-order valence-electron chi connectivity index (χ2n) is 10.1. The summed E-state index contributed by atoms with van der Waals surface area (Å²) in [4.78, 5) is 25.7. The van der Waals surface area contributed by atoms with Gasteiger partial charge in [0.2, 0.25) is 5.91 Å². The molecular weight excluding hydrogens is 364 g/mol. The largest absolute Gasteiger partial charge is 0.497 e. The third-order valence-corrected chi connectivity index (χ3v) is 7.39. The van der Waals surface area contributed by atoms with E-state index in [-0.39, 0.29) is 17.7 Å².